The van der Waals surface area contributed by atoms with Crippen molar-refractivity contribution in [1.82, 2.24) is 14.9 Å². The fourth-order valence-corrected chi connectivity index (χ4v) is 3.07. The summed E-state index contributed by atoms with van der Waals surface area (Å²) < 4.78 is 2.07. The molecule has 1 saturated carbocycles. The highest BCUT2D eigenvalue weighted by Crippen LogP contribution is 2.45. The maximum absolute atomic E-state index is 4.53. The molecule has 0 aliphatic heterocycles. The Labute approximate surface area is 124 Å². The fourth-order valence-electron chi connectivity index (χ4n) is 3.07. The van der Waals surface area contributed by atoms with Crippen molar-refractivity contribution in [2.75, 3.05) is 0 Å². The van der Waals surface area contributed by atoms with E-state index in [9.17, 15) is 0 Å². The number of nitrogens with one attached hydrogen (secondary N) is 1. The van der Waals surface area contributed by atoms with Crippen molar-refractivity contribution in [1.29, 1.82) is 0 Å². The molecule has 0 spiro atoms. The second-order valence-electron chi connectivity index (χ2n) is 5.94. The van der Waals surface area contributed by atoms with Crippen LogP contribution < -0.4 is 5.32 Å². The number of rotatable bonds is 4. The first-order valence-electron chi connectivity index (χ1n) is 7.48. The summed E-state index contributed by atoms with van der Waals surface area (Å²) >= 11 is 0. The number of aryl methyl sites for hydroxylation is 1. The molecular weight excluding hydrogens is 258 g/mol. The van der Waals surface area contributed by atoms with Gasteiger partial charge < -0.3 is 9.88 Å². The van der Waals surface area contributed by atoms with Crippen molar-refractivity contribution in [3.8, 4) is 0 Å². The minimum absolute atomic E-state index is 0.179. The van der Waals surface area contributed by atoms with Crippen LogP contribution >= 0.6 is 0 Å². The predicted octanol–water partition coefficient (Wildman–Crippen LogP) is 3.35. The largest absolute Gasteiger partial charge is 0.334 e. The van der Waals surface area contributed by atoms with Crippen LogP contribution in [0.3, 0.4) is 0 Å². The average molecular weight is 277 g/mol. The van der Waals surface area contributed by atoms with Crippen molar-refractivity contribution in [2.24, 2.45) is 7.05 Å². The fraction of sp³-hybridized carbons (Fsp3) is 0.278. The summed E-state index contributed by atoms with van der Waals surface area (Å²) in [6, 6.07) is 17.2. The number of imidazole rings is 1. The minimum atomic E-state index is 0.179. The maximum atomic E-state index is 4.53. The molecule has 0 bridgehead atoms. The van der Waals surface area contributed by atoms with E-state index < -0.39 is 0 Å². The van der Waals surface area contributed by atoms with Crippen LogP contribution in [-0.2, 0) is 19.1 Å². The lowest BCUT2D eigenvalue weighted by Crippen LogP contribution is -2.28. The van der Waals surface area contributed by atoms with Gasteiger partial charge in [-0.3, -0.25) is 0 Å². The summed E-state index contributed by atoms with van der Waals surface area (Å²) in [6.45, 7) is 0.864. The van der Waals surface area contributed by atoms with Gasteiger partial charge in [-0.1, -0.05) is 42.5 Å². The molecule has 0 atom stereocenters. The Morgan fingerprint density at radius 1 is 1.10 bits per heavy atom. The predicted molar refractivity (Wildman–Crippen MR) is 84.9 cm³/mol. The van der Waals surface area contributed by atoms with Crippen molar-refractivity contribution in [3.63, 3.8) is 0 Å². The van der Waals surface area contributed by atoms with Gasteiger partial charge >= 0.3 is 0 Å². The number of nitrogens with zero attached hydrogens (tertiary/aromatic N) is 2. The molecule has 21 heavy (non-hydrogen) atoms. The van der Waals surface area contributed by atoms with Crippen molar-refractivity contribution in [2.45, 2.75) is 24.9 Å². The summed E-state index contributed by atoms with van der Waals surface area (Å²) in [7, 11) is 2.04. The van der Waals surface area contributed by atoms with Crippen LogP contribution in [-0.4, -0.2) is 9.55 Å². The third-order valence-corrected chi connectivity index (χ3v) is 4.53. The number of hydrogen-bond donors (Lipinski definition) is 1. The molecule has 0 saturated heterocycles. The van der Waals surface area contributed by atoms with Gasteiger partial charge in [-0.05, 0) is 30.0 Å². The van der Waals surface area contributed by atoms with Gasteiger partial charge in [0.25, 0.3) is 0 Å². The summed E-state index contributed by atoms with van der Waals surface area (Å²) in [5.41, 5.74) is 5.15. The number of fused-ring (bicyclic) bond motifs is 1. The Kier molecular flexibility index (Phi) is 2.82. The van der Waals surface area contributed by atoms with Gasteiger partial charge in [0.15, 0.2) is 0 Å². The standard InChI is InChI=1S/C18H19N3/c1-21-13-19-17-14(6-5-9-16(17)21)12-20-18(10-11-18)15-7-3-2-4-8-15/h2-9,13,20H,10-12H2,1H3. The van der Waals surface area contributed by atoms with Gasteiger partial charge in [0.1, 0.15) is 0 Å². The Balaban J connectivity index is 1.59. The van der Waals surface area contributed by atoms with Crippen LogP contribution in [0.2, 0.25) is 0 Å². The minimum Gasteiger partial charge on any atom is -0.334 e. The number of benzene rings is 2. The molecule has 0 unspecified atom stereocenters. The second-order valence-corrected chi connectivity index (χ2v) is 5.94. The quantitative estimate of drug-likeness (QED) is 0.792. The first kappa shape index (κ1) is 12.6. The van der Waals surface area contributed by atoms with Crippen molar-refractivity contribution < 1.29 is 0 Å². The normalized spacial score (nSPS) is 16.2. The lowest BCUT2D eigenvalue weighted by molar-refractivity contribution is 0.520. The molecular formula is C18H19N3. The van der Waals surface area contributed by atoms with Crippen LogP contribution in [0.15, 0.2) is 54.9 Å². The molecule has 3 nitrogen and oxygen atoms in total. The number of aromatic nitrogens is 2. The zero-order valence-electron chi connectivity index (χ0n) is 12.2. The Bertz CT molecular complexity index is 770. The van der Waals surface area contributed by atoms with Gasteiger partial charge in [-0.25, -0.2) is 4.98 Å². The van der Waals surface area contributed by atoms with E-state index in [1.807, 2.05) is 13.4 Å². The second kappa shape index (κ2) is 4.71. The van der Waals surface area contributed by atoms with Crippen LogP contribution in [0.1, 0.15) is 24.0 Å². The van der Waals surface area contributed by atoms with E-state index in [4.69, 9.17) is 0 Å². The smallest absolute Gasteiger partial charge is 0.0955 e. The molecule has 1 aromatic heterocycles. The summed E-state index contributed by atoms with van der Waals surface area (Å²) in [5.74, 6) is 0. The zero-order valence-corrected chi connectivity index (χ0v) is 12.2. The van der Waals surface area contributed by atoms with Gasteiger partial charge in [-0.15, -0.1) is 0 Å². The molecule has 1 aliphatic carbocycles. The first-order chi connectivity index (χ1) is 10.3. The average Bonchev–Trinajstić information content (AvgIpc) is 3.24. The van der Waals surface area contributed by atoms with E-state index in [1.165, 1.54) is 29.5 Å². The molecule has 0 radical (unpaired) electrons. The molecule has 1 heterocycles. The van der Waals surface area contributed by atoms with E-state index in [0.717, 1.165) is 12.1 Å². The molecule has 1 aliphatic rings. The lowest BCUT2D eigenvalue weighted by Gasteiger charge is -2.18. The van der Waals surface area contributed by atoms with Crippen LogP contribution in [0.4, 0.5) is 0 Å². The topological polar surface area (TPSA) is 29.9 Å². The van der Waals surface area contributed by atoms with Crippen LogP contribution in [0.25, 0.3) is 11.0 Å². The van der Waals surface area contributed by atoms with Gasteiger partial charge in [0, 0.05) is 19.1 Å². The van der Waals surface area contributed by atoms with E-state index in [2.05, 4.69) is 63.4 Å². The van der Waals surface area contributed by atoms with Gasteiger partial charge in [-0.2, -0.15) is 0 Å². The molecule has 1 fully saturated rings. The molecule has 1 N–H and O–H groups in total. The van der Waals surface area contributed by atoms with Gasteiger partial charge in [0.05, 0.1) is 17.4 Å². The van der Waals surface area contributed by atoms with Gasteiger partial charge in [0.2, 0.25) is 0 Å². The Morgan fingerprint density at radius 3 is 2.67 bits per heavy atom. The molecule has 3 aromatic rings. The van der Waals surface area contributed by atoms with Crippen molar-refractivity contribution >= 4 is 11.0 Å². The summed E-state index contributed by atoms with van der Waals surface area (Å²) in [5, 5.41) is 3.75. The summed E-state index contributed by atoms with van der Waals surface area (Å²) in [6.07, 6.45) is 4.32. The molecule has 106 valence electrons. The van der Waals surface area contributed by atoms with Crippen LogP contribution in [0, 0.1) is 0 Å². The highest BCUT2D eigenvalue weighted by Gasteiger charge is 2.43. The third-order valence-electron chi connectivity index (χ3n) is 4.53. The van der Waals surface area contributed by atoms with Crippen molar-refractivity contribution in [3.05, 3.63) is 66.0 Å². The highest BCUT2D eigenvalue weighted by atomic mass is 15.0. The summed E-state index contributed by atoms with van der Waals surface area (Å²) in [4.78, 5) is 4.53. The Hall–Kier alpha value is -2.13. The van der Waals surface area contributed by atoms with E-state index in [-0.39, 0.29) is 5.54 Å². The monoisotopic (exact) mass is 277 g/mol. The maximum Gasteiger partial charge on any atom is 0.0955 e. The van der Waals surface area contributed by atoms with E-state index in [1.54, 1.807) is 0 Å². The molecule has 3 heteroatoms. The van der Waals surface area contributed by atoms with Crippen LogP contribution in [0.5, 0.6) is 0 Å². The molecule has 2 aromatic carbocycles. The Morgan fingerprint density at radius 2 is 1.90 bits per heavy atom. The molecule has 0 amide bonds. The highest BCUT2D eigenvalue weighted by molar-refractivity contribution is 5.78. The lowest BCUT2D eigenvalue weighted by atomic mass is 10.0. The molecule has 4 rings (SSSR count). The SMILES string of the molecule is Cn1cnc2c(CNC3(c4ccccc4)CC3)cccc21. The number of para-hydroxylation sites is 1. The van der Waals surface area contributed by atoms with E-state index in [0.29, 0.717) is 0 Å². The van der Waals surface area contributed by atoms with E-state index >= 15 is 0 Å². The third kappa shape index (κ3) is 2.14. The number of hydrogen-bond acceptors (Lipinski definition) is 2. The first-order valence-corrected chi connectivity index (χ1v) is 7.48. The zero-order chi connectivity index (χ0) is 14.3.